The quantitative estimate of drug-likeness (QED) is 0.838. The molecular formula is C12H15F3N2O3. The van der Waals surface area contributed by atoms with Crippen molar-refractivity contribution in [3.05, 3.63) is 23.0 Å². The van der Waals surface area contributed by atoms with Gasteiger partial charge < -0.3 is 15.2 Å². The van der Waals surface area contributed by atoms with Crippen molar-refractivity contribution in [3.63, 3.8) is 0 Å². The van der Waals surface area contributed by atoms with E-state index < -0.39 is 18.1 Å². The van der Waals surface area contributed by atoms with Crippen LogP contribution >= 0.6 is 0 Å². The van der Waals surface area contributed by atoms with Gasteiger partial charge in [-0.2, -0.15) is 0 Å². The molecule has 0 aliphatic heterocycles. The number of hydrogen-bond acceptors (Lipinski definition) is 5. The monoisotopic (exact) mass is 292 g/mol. The third-order valence-electron chi connectivity index (χ3n) is 2.30. The molecule has 1 rings (SSSR count). The van der Waals surface area contributed by atoms with Crippen LogP contribution in [-0.4, -0.2) is 23.9 Å². The Bertz CT molecular complexity index is 490. The van der Waals surface area contributed by atoms with E-state index in [4.69, 9.17) is 10.5 Å². The van der Waals surface area contributed by atoms with Gasteiger partial charge in [0.2, 0.25) is 0 Å². The number of aryl methyl sites for hydroxylation is 1. The van der Waals surface area contributed by atoms with Gasteiger partial charge in [0.1, 0.15) is 0 Å². The molecule has 0 saturated heterocycles. The predicted octanol–water partition coefficient (Wildman–Crippen LogP) is 1.85. The molecule has 0 radical (unpaired) electrons. The zero-order chi connectivity index (χ0) is 15.3. The van der Waals surface area contributed by atoms with E-state index >= 15 is 0 Å². The summed E-state index contributed by atoms with van der Waals surface area (Å²) in [6.45, 7) is 3.10. The summed E-state index contributed by atoms with van der Waals surface area (Å²) in [5, 5.41) is 0. The minimum absolute atomic E-state index is 0.0497. The number of pyridine rings is 1. The highest BCUT2D eigenvalue weighted by atomic mass is 19.4. The molecule has 1 aromatic heterocycles. The molecule has 0 unspecified atom stereocenters. The van der Waals surface area contributed by atoms with E-state index in [2.05, 4.69) is 9.72 Å². The van der Waals surface area contributed by atoms with Crippen LogP contribution in [0.2, 0.25) is 0 Å². The molecule has 0 saturated carbocycles. The summed E-state index contributed by atoms with van der Waals surface area (Å²) >= 11 is 0. The van der Waals surface area contributed by atoms with Gasteiger partial charge in [-0.05, 0) is 19.9 Å². The second-order valence-electron chi connectivity index (χ2n) is 3.93. The van der Waals surface area contributed by atoms with E-state index in [-0.39, 0.29) is 30.8 Å². The second kappa shape index (κ2) is 6.56. The number of esters is 1. The van der Waals surface area contributed by atoms with E-state index in [1.165, 1.54) is 6.07 Å². The lowest BCUT2D eigenvalue weighted by Crippen LogP contribution is -2.22. The zero-order valence-electron chi connectivity index (χ0n) is 11.1. The SMILES string of the molecule is CCOC(=O)Cc1cc(C)nc(CN)c1OC(F)(F)F. The minimum atomic E-state index is -4.88. The summed E-state index contributed by atoms with van der Waals surface area (Å²) in [7, 11) is 0. The Kier molecular flexibility index (Phi) is 5.32. The summed E-state index contributed by atoms with van der Waals surface area (Å²) in [6.07, 6.45) is -5.22. The lowest BCUT2D eigenvalue weighted by atomic mass is 10.1. The molecule has 0 spiro atoms. The van der Waals surface area contributed by atoms with E-state index in [9.17, 15) is 18.0 Å². The average molecular weight is 292 g/mol. The van der Waals surface area contributed by atoms with Crippen molar-refractivity contribution in [2.24, 2.45) is 5.73 Å². The summed E-state index contributed by atoms with van der Waals surface area (Å²) in [5.74, 6) is -1.17. The summed E-state index contributed by atoms with van der Waals surface area (Å²) in [6, 6.07) is 1.34. The molecule has 1 aromatic rings. The molecule has 1 heterocycles. The van der Waals surface area contributed by atoms with Crippen LogP contribution in [-0.2, 0) is 22.5 Å². The molecule has 0 atom stereocenters. The molecule has 0 aliphatic rings. The van der Waals surface area contributed by atoms with Crippen molar-refractivity contribution in [2.45, 2.75) is 33.2 Å². The molecule has 0 aliphatic carbocycles. The number of hydrogen-bond donors (Lipinski definition) is 1. The number of rotatable bonds is 5. The zero-order valence-corrected chi connectivity index (χ0v) is 11.1. The largest absolute Gasteiger partial charge is 0.573 e. The molecule has 5 nitrogen and oxygen atoms in total. The van der Waals surface area contributed by atoms with Crippen LogP contribution in [0.5, 0.6) is 5.75 Å². The first-order chi connectivity index (χ1) is 9.26. The summed E-state index contributed by atoms with van der Waals surface area (Å²) in [4.78, 5) is 15.3. The molecule has 8 heteroatoms. The van der Waals surface area contributed by atoms with Crippen molar-refractivity contribution in [1.82, 2.24) is 4.98 Å². The second-order valence-corrected chi connectivity index (χ2v) is 3.93. The van der Waals surface area contributed by atoms with Crippen LogP contribution < -0.4 is 10.5 Å². The van der Waals surface area contributed by atoms with Crippen LogP contribution in [0.3, 0.4) is 0 Å². The molecule has 0 bridgehead atoms. The van der Waals surface area contributed by atoms with Crippen molar-refractivity contribution in [3.8, 4) is 5.75 Å². The van der Waals surface area contributed by atoms with Gasteiger partial charge in [-0.3, -0.25) is 9.78 Å². The Labute approximate surface area is 113 Å². The third-order valence-corrected chi connectivity index (χ3v) is 2.30. The maximum absolute atomic E-state index is 12.4. The fourth-order valence-electron chi connectivity index (χ4n) is 1.68. The fourth-order valence-corrected chi connectivity index (χ4v) is 1.68. The minimum Gasteiger partial charge on any atom is -0.466 e. The van der Waals surface area contributed by atoms with Crippen molar-refractivity contribution < 1.29 is 27.4 Å². The van der Waals surface area contributed by atoms with Crippen molar-refractivity contribution in [2.75, 3.05) is 6.61 Å². The fraction of sp³-hybridized carbons (Fsp3) is 0.500. The number of aromatic nitrogens is 1. The van der Waals surface area contributed by atoms with E-state index in [1.807, 2.05) is 0 Å². The Hall–Kier alpha value is -1.83. The van der Waals surface area contributed by atoms with E-state index in [0.29, 0.717) is 5.69 Å². The number of carbonyl (C=O) groups is 1. The molecule has 0 amide bonds. The van der Waals surface area contributed by atoms with Gasteiger partial charge in [-0.1, -0.05) is 0 Å². The van der Waals surface area contributed by atoms with Gasteiger partial charge in [-0.15, -0.1) is 13.2 Å². The van der Waals surface area contributed by atoms with E-state index in [1.54, 1.807) is 13.8 Å². The average Bonchev–Trinajstić information content (AvgIpc) is 2.31. The van der Waals surface area contributed by atoms with Crippen LogP contribution in [0.1, 0.15) is 23.9 Å². The van der Waals surface area contributed by atoms with Gasteiger partial charge in [0.25, 0.3) is 0 Å². The topological polar surface area (TPSA) is 74.4 Å². The molecule has 0 aromatic carbocycles. The Morgan fingerprint density at radius 3 is 2.60 bits per heavy atom. The lowest BCUT2D eigenvalue weighted by molar-refractivity contribution is -0.275. The van der Waals surface area contributed by atoms with Gasteiger partial charge in [0.15, 0.2) is 5.75 Å². The number of carbonyl (C=O) groups excluding carboxylic acids is 1. The molecule has 0 fully saturated rings. The van der Waals surface area contributed by atoms with Crippen LogP contribution in [0, 0.1) is 6.92 Å². The summed E-state index contributed by atoms with van der Waals surface area (Å²) < 4.78 is 45.9. The Morgan fingerprint density at radius 2 is 2.10 bits per heavy atom. The molecular weight excluding hydrogens is 277 g/mol. The first kappa shape index (κ1) is 16.2. The lowest BCUT2D eigenvalue weighted by Gasteiger charge is -2.16. The summed E-state index contributed by atoms with van der Waals surface area (Å²) in [5.41, 5.74) is 5.81. The highest BCUT2D eigenvalue weighted by Gasteiger charge is 2.34. The smallest absolute Gasteiger partial charge is 0.466 e. The third kappa shape index (κ3) is 4.69. The van der Waals surface area contributed by atoms with Crippen molar-refractivity contribution in [1.29, 1.82) is 0 Å². The maximum atomic E-state index is 12.4. The van der Waals surface area contributed by atoms with Crippen LogP contribution in [0.4, 0.5) is 13.2 Å². The standard InChI is InChI=1S/C12H15F3N2O3/c1-3-19-10(18)5-8-4-7(2)17-9(6-16)11(8)20-12(13,14)15/h4H,3,5-6,16H2,1-2H3. The molecule has 112 valence electrons. The van der Waals surface area contributed by atoms with Gasteiger partial charge in [0.05, 0.1) is 18.7 Å². The van der Waals surface area contributed by atoms with Crippen LogP contribution in [0.15, 0.2) is 6.07 Å². The number of alkyl halides is 3. The number of nitrogens with two attached hydrogens (primary N) is 1. The first-order valence-electron chi connectivity index (χ1n) is 5.87. The van der Waals surface area contributed by atoms with Crippen LogP contribution in [0.25, 0.3) is 0 Å². The first-order valence-corrected chi connectivity index (χ1v) is 5.87. The van der Waals surface area contributed by atoms with Gasteiger partial charge >= 0.3 is 12.3 Å². The van der Waals surface area contributed by atoms with Crippen molar-refractivity contribution >= 4 is 5.97 Å². The normalized spacial score (nSPS) is 11.3. The highest BCUT2D eigenvalue weighted by molar-refractivity contribution is 5.73. The number of ether oxygens (including phenoxy) is 2. The van der Waals surface area contributed by atoms with E-state index in [0.717, 1.165) is 0 Å². The Balaban J connectivity index is 3.18. The maximum Gasteiger partial charge on any atom is 0.573 e. The number of halogens is 3. The molecule has 2 N–H and O–H groups in total. The highest BCUT2D eigenvalue weighted by Crippen LogP contribution is 2.30. The number of nitrogens with zero attached hydrogens (tertiary/aromatic N) is 1. The van der Waals surface area contributed by atoms with Gasteiger partial charge in [-0.25, -0.2) is 0 Å². The molecule has 20 heavy (non-hydrogen) atoms. The van der Waals surface area contributed by atoms with Gasteiger partial charge in [0, 0.05) is 17.8 Å². The predicted molar refractivity (Wildman–Crippen MR) is 63.9 cm³/mol. The Morgan fingerprint density at radius 1 is 1.45 bits per heavy atom.